The van der Waals surface area contributed by atoms with E-state index in [0.29, 0.717) is 0 Å². The van der Waals surface area contributed by atoms with Crippen molar-refractivity contribution in [3.05, 3.63) is 44.8 Å². The van der Waals surface area contributed by atoms with E-state index in [9.17, 15) is 0 Å². The van der Waals surface area contributed by atoms with Crippen LogP contribution in [0.3, 0.4) is 0 Å². The van der Waals surface area contributed by atoms with E-state index in [0.717, 1.165) is 0 Å². The fraction of sp³-hybridized carbons (Fsp3) is 0. The third kappa shape index (κ3) is 1.84. The Labute approximate surface area is 79.8 Å². The van der Waals surface area contributed by atoms with E-state index in [1.807, 2.05) is 0 Å². The minimum absolute atomic E-state index is 1.28. The van der Waals surface area contributed by atoms with Crippen molar-refractivity contribution in [3.63, 3.8) is 0 Å². The molecule has 2 heterocycles. The van der Waals surface area contributed by atoms with E-state index in [-0.39, 0.29) is 0 Å². The van der Waals surface area contributed by atoms with Crippen LogP contribution < -0.4 is 0 Å². The quantitative estimate of drug-likeness (QED) is 0.675. The Bertz CT molecular complexity index is 305. The lowest BCUT2D eigenvalue weighted by Crippen LogP contribution is -1.60. The molecule has 0 radical (unpaired) electrons. The molecule has 0 atom stereocenters. The van der Waals surface area contributed by atoms with Gasteiger partial charge in [-0.15, -0.1) is 0 Å². The van der Waals surface area contributed by atoms with E-state index in [4.69, 9.17) is 0 Å². The Morgan fingerprint density at radius 3 is 1.67 bits per heavy atom. The summed E-state index contributed by atoms with van der Waals surface area (Å²) in [5.41, 5.74) is 2.57. The van der Waals surface area contributed by atoms with Gasteiger partial charge in [-0.2, -0.15) is 22.7 Å². The monoisotopic (exact) mass is 192 g/mol. The summed E-state index contributed by atoms with van der Waals surface area (Å²) < 4.78 is 0. The number of hydrogen-bond donors (Lipinski definition) is 0. The number of hydrogen-bond acceptors (Lipinski definition) is 2. The van der Waals surface area contributed by atoms with E-state index >= 15 is 0 Å². The standard InChI is InChI=1S/C10H8S2/c1(9-3-5-11-7-9)2-10-4-6-12-8-10/h1-8H/b2-1-. The molecule has 2 rings (SSSR count). The van der Waals surface area contributed by atoms with E-state index in [2.05, 4.69) is 45.8 Å². The maximum Gasteiger partial charge on any atom is -0.00208 e. The molecule has 0 saturated heterocycles. The summed E-state index contributed by atoms with van der Waals surface area (Å²) in [6.07, 6.45) is 4.27. The molecular weight excluding hydrogens is 184 g/mol. The fourth-order valence-corrected chi connectivity index (χ4v) is 2.19. The molecule has 0 saturated carbocycles. The molecule has 0 aliphatic carbocycles. The van der Waals surface area contributed by atoms with Crippen LogP contribution in [0.4, 0.5) is 0 Å². The van der Waals surface area contributed by atoms with Gasteiger partial charge in [-0.1, -0.05) is 12.2 Å². The summed E-state index contributed by atoms with van der Waals surface area (Å²) >= 11 is 3.46. The maximum atomic E-state index is 2.14. The van der Waals surface area contributed by atoms with Gasteiger partial charge in [-0.05, 0) is 44.8 Å². The minimum Gasteiger partial charge on any atom is -0.152 e. The molecule has 0 fully saturated rings. The van der Waals surface area contributed by atoms with Crippen LogP contribution in [-0.2, 0) is 0 Å². The lowest BCUT2D eigenvalue weighted by Gasteiger charge is -1.82. The lowest BCUT2D eigenvalue weighted by molar-refractivity contribution is 1.85. The summed E-state index contributed by atoms with van der Waals surface area (Å²) in [5, 5.41) is 8.46. The average molecular weight is 192 g/mol. The molecule has 0 N–H and O–H groups in total. The van der Waals surface area contributed by atoms with Gasteiger partial charge < -0.3 is 0 Å². The second-order valence-electron chi connectivity index (χ2n) is 2.45. The van der Waals surface area contributed by atoms with E-state index in [1.165, 1.54) is 11.1 Å². The van der Waals surface area contributed by atoms with Crippen molar-refractivity contribution < 1.29 is 0 Å². The first-order valence-electron chi connectivity index (χ1n) is 3.67. The highest BCUT2D eigenvalue weighted by Gasteiger charge is 1.86. The first-order chi connectivity index (χ1) is 5.95. The molecule has 0 aliphatic heterocycles. The van der Waals surface area contributed by atoms with Crippen molar-refractivity contribution in [2.75, 3.05) is 0 Å². The van der Waals surface area contributed by atoms with Crippen molar-refractivity contribution in [1.29, 1.82) is 0 Å². The third-order valence-corrected chi connectivity index (χ3v) is 2.96. The predicted octanol–water partition coefficient (Wildman–Crippen LogP) is 3.98. The lowest BCUT2D eigenvalue weighted by atomic mass is 10.2. The van der Waals surface area contributed by atoms with Crippen LogP contribution in [0.2, 0.25) is 0 Å². The first-order valence-corrected chi connectivity index (χ1v) is 5.56. The fourth-order valence-electron chi connectivity index (χ4n) is 0.932. The molecule has 0 unspecified atom stereocenters. The van der Waals surface area contributed by atoms with Crippen molar-refractivity contribution >= 4 is 34.8 Å². The summed E-state index contributed by atoms with van der Waals surface area (Å²) in [4.78, 5) is 0. The minimum atomic E-state index is 1.28. The molecule has 2 aromatic heterocycles. The largest absolute Gasteiger partial charge is 0.152 e. The molecule has 0 nitrogen and oxygen atoms in total. The van der Waals surface area contributed by atoms with Gasteiger partial charge in [-0.25, -0.2) is 0 Å². The van der Waals surface area contributed by atoms with Crippen LogP contribution in [0.1, 0.15) is 11.1 Å². The van der Waals surface area contributed by atoms with Gasteiger partial charge in [0.25, 0.3) is 0 Å². The second-order valence-corrected chi connectivity index (χ2v) is 4.01. The van der Waals surface area contributed by atoms with Crippen molar-refractivity contribution in [1.82, 2.24) is 0 Å². The Morgan fingerprint density at radius 1 is 0.833 bits per heavy atom. The van der Waals surface area contributed by atoms with Gasteiger partial charge in [-0.3, -0.25) is 0 Å². The number of thiophene rings is 2. The SMILES string of the molecule is C(=C/c1ccsc1)/c1ccsc1. The van der Waals surface area contributed by atoms with Gasteiger partial charge >= 0.3 is 0 Å². The molecule has 0 bridgehead atoms. The molecule has 12 heavy (non-hydrogen) atoms. The smallest absolute Gasteiger partial charge is 0.00208 e. The van der Waals surface area contributed by atoms with Crippen molar-refractivity contribution in [2.45, 2.75) is 0 Å². The van der Waals surface area contributed by atoms with Crippen LogP contribution >= 0.6 is 22.7 Å². The highest BCUT2D eigenvalue weighted by molar-refractivity contribution is 7.08. The summed E-state index contributed by atoms with van der Waals surface area (Å²) in [7, 11) is 0. The zero-order chi connectivity index (χ0) is 8.23. The highest BCUT2D eigenvalue weighted by atomic mass is 32.1. The Kier molecular flexibility index (Phi) is 2.39. The van der Waals surface area contributed by atoms with E-state index < -0.39 is 0 Å². The molecule has 0 amide bonds. The average Bonchev–Trinajstić information content (AvgIpc) is 2.74. The van der Waals surface area contributed by atoms with Crippen LogP contribution in [0.5, 0.6) is 0 Å². The molecule has 2 aromatic rings. The van der Waals surface area contributed by atoms with Gasteiger partial charge in [0.2, 0.25) is 0 Å². The summed E-state index contributed by atoms with van der Waals surface area (Å²) in [5.74, 6) is 0. The van der Waals surface area contributed by atoms with Crippen molar-refractivity contribution in [2.24, 2.45) is 0 Å². The molecule has 0 aromatic carbocycles. The van der Waals surface area contributed by atoms with Crippen LogP contribution in [0.15, 0.2) is 33.7 Å². The molecule has 0 spiro atoms. The van der Waals surface area contributed by atoms with Gasteiger partial charge in [0, 0.05) is 0 Å². The topological polar surface area (TPSA) is 0 Å². The van der Waals surface area contributed by atoms with Gasteiger partial charge in [0.1, 0.15) is 0 Å². The Morgan fingerprint density at radius 2 is 1.33 bits per heavy atom. The normalized spacial score (nSPS) is 11.0. The Hall–Kier alpha value is -0.860. The van der Waals surface area contributed by atoms with Crippen LogP contribution in [0.25, 0.3) is 12.2 Å². The van der Waals surface area contributed by atoms with Gasteiger partial charge in [0.05, 0.1) is 0 Å². The first kappa shape index (κ1) is 7.77. The number of rotatable bonds is 2. The predicted molar refractivity (Wildman–Crippen MR) is 57.6 cm³/mol. The molecule has 2 heteroatoms. The highest BCUT2D eigenvalue weighted by Crippen LogP contribution is 2.12. The summed E-state index contributed by atoms with van der Waals surface area (Å²) in [6, 6.07) is 4.24. The molecule has 60 valence electrons. The zero-order valence-corrected chi connectivity index (χ0v) is 8.07. The second kappa shape index (κ2) is 3.70. The Balaban J connectivity index is 2.14. The van der Waals surface area contributed by atoms with Crippen LogP contribution in [0, 0.1) is 0 Å². The zero-order valence-electron chi connectivity index (χ0n) is 6.44. The maximum absolute atomic E-state index is 2.14. The van der Waals surface area contributed by atoms with E-state index in [1.54, 1.807) is 22.7 Å². The van der Waals surface area contributed by atoms with Crippen LogP contribution in [-0.4, -0.2) is 0 Å². The van der Waals surface area contributed by atoms with Crippen molar-refractivity contribution in [3.8, 4) is 0 Å². The van der Waals surface area contributed by atoms with Gasteiger partial charge in [0.15, 0.2) is 0 Å². The molecule has 0 aliphatic rings. The summed E-state index contributed by atoms with van der Waals surface area (Å²) in [6.45, 7) is 0. The molecular formula is C10H8S2. The third-order valence-electron chi connectivity index (χ3n) is 1.55.